The van der Waals surface area contributed by atoms with Crippen molar-refractivity contribution in [3.63, 3.8) is 0 Å². The van der Waals surface area contributed by atoms with Crippen LogP contribution in [0.3, 0.4) is 0 Å². The molecule has 190 valence electrons. The molecular weight excluding hydrogens is 506 g/mol. The summed E-state index contributed by atoms with van der Waals surface area (Å²) in [4.78, 5) is 22.2. The number of aromatic nitrogens is 3. The number of hydrogen-bond acceptors (Lipinski definition) is 8. The minimum atomic E-state index is -4.76. The fourth-order valence-electron chi connectivity index (χ4n) is 4.15. The first-order chi connectivity index (χ1) is 16.6. The third kappa shape index (κ3) is 5.82. The smallest absolute Gasteiger partial charge is 0.396 e. The number of ether oxygens (including phenoxy) is 1. The summed E-state index contributed by atoms with van der Waals surface area (Å²) in [7, 11) is -4.76. The zero-order valence-electron chi connectivity index (χ0n) is 18.5. The van der Waals surface area contributed by atoms with E-state index in [1.165, 1.54) is 10.7 Å². The van der Waals surface area contributed by atoms with Crippen molar-refractivity contribution in [2.45, 2.75) is 37.8 Å². The van der Waals surface area contributed by atoms with Crippen LogP contribution in [0.4, 0.5) is 10.1 Å². The lowest BCUT2D eigenvalue weighted by Crippen LogP contribution is -2.35. The summed E-state index contributed by atoms with van der Waals surface area (Å²) in [5.41, 5.74) is 1.39. The molecule has 1 fully saturated rings. The molecule has 3 heterocycles. The highest BCUT2D eigenvalue weighted by atomic mass is 35.5. The second kappa shape index (κ2) is 10.5. The zero-order valence-corrected chi connectivity index (χ0v) is 20.2. The largest absolute Gasteiger partial charge is 0.469 e. The van der Waals surface area contributed by atoms with E-state index in [1.807, 2.05) is 0 Å². The molecule has 0 amide bonds. The number of halogens is 2. The van der Waals surface area contributed by atoms with Crippen LogP contribution in [0, 0.1) is 11.7 Å². The summed E-state index contributed by atoms with van der Waals surface area (Å²) in [6, 6.07) is 7.62. The van der Waals surface area contributed by atoms with Crippen LogP contribution in [0.15, 0.2) is 36.5 Å². The quantitative estimate of drug-likeness (QED) is 0.206. The number of benzene rings is 1. The number of phosphoric ester groups is 1. The monoisotopic (exact) mass is 530 g/mol. The number of aliphatic hydroxyl groups is 2. The Labute approximate surface area is 204 Å². The molecule has 0 bridgehead atoms. The second-order valence-electron chi connectivity index (χ2n) is 8.29. The standard InChI is InChI=1S/C21H25ClFN4O7P/c1-11(13-4-2-3-5-15(13)23)25-16-6-18(22)26-21-14(16)8-24-27(21)19-7-17(29)20(34-19)12(9-28)10-33-35(30,31)32/h2-6,8,11-12,17,19-20,28-29H,7,9-10H2,1H3,(H,25,26)(H2,30,31,32)/t11-,12?,17-,19+,20+/m0/s1. The van der Waals surface area contributed by atoms with Crippen LogP contribution in [0.25, 0.3) is 11.0 Å². The van der Waals surface area contributed by atoms with Crippen molar-refractivity contribution in [1.29, 1.82) is 0 Å². The molecule has 1 aliphatic heterocycles. The highest BCUT2D eigenvalue weighted by Crippen LogP contribution is 2.40. The molecule has 1 aliphatic rings. The summed E-state index contributed by atoms with van der Waals surface area (Å²) >= 11 is 6.25. The first-order valence-electron chi connectivity index (χ1n) is 10.8. The van der Waals surface area contributed by atoms with Gasteiger partial charge in [-0.3, -0.25) is 4.52 Å². The Bertz CT molecular complexity index is 1240. The average Bonchev–Trinajstić information content (AvgIpc) is 3.37. The minimum Gasteiger partial charge on any atom is -0.396 e. The summed E-state index contributed by atoms with van der Waals surface area (Å²) < 4.78 is 37.1. The number of fused-ring (bicyclic) bond motifs is 1. The van der Waals surface area contributed by atoms with Gasteiger partial charge in [-0.05, 0) is 19.1 Å². The van der Waals surface area contributed by atoms with Crippen LogP contribution >= 0.6 is 19.4 Å². The molecule has 5 atom stereocenters. The first kappa shape index (κ1) is 25.9. The van der Waals surface area contributed by atoms with E-state index in [-0.39, 0.29) is 17.4 Å². The Morgan fingerprint density at radius 3 is 2.83 bits per heavy atom. The van der Waals surface area contributed by atoms with E-state index in [0.717, 1.165) is 0 Å². The number of anilines is 1. The molecule has 0 aliphatic carbocycles. The van der Waals surface area contributed by atoms with E-state index >= 15 is 0 Å². The number of rotatable bonds is 9. The zero-order chi connectivity index (χ0) is 25.3. The third-order valence-corrected chi connectivity index (χ3v) is 6.52. The van der Waals surface area contributed by atoms with E-state index in [4.69, 9.17) is 26.1 Å². The fraction of sp³-hybridized carbons (Fsp3) is 0.429. The maximum atomic E-state index is 14.2. The molecule has 35 heavy (non-hydrogen) atoms. The number of pyridine rings is 1. The molecule has 5 N–H and O–H groups in total. The Morgan fingerprint density at radius 2 is 2.14 bits per heavy atom. The van der Waals surface area contributed by atoms with Gasteiger partial charge in [-0.1, -0.05) is 29.8 Å². The van der Waals surface area contributed by atoms with Gasteiger partial charge in [0.2, 0.25) is 0 Å². The lowest BCUT2D eigenvalue weighted by Gasteiger charge is -2.24. The molecule has 11 nitrogen and oxygen atoms in total. The molecular formula is C21H25ClFN4O7P. The van der Waals surface area contributed by atoms with Crippen molar-refractivity contribution < 1.29 is 38.2 Å². The molecule has 0 spiro atoms. The Balaban J connectivity index is 1.57. The van der Waals surface area contributed by atoms with Crippen LogP contribution in [-0.2, 0) is 13.8 Å². The Hall–Kier alpha value is -2.15. The van der Waals surface area contributed by atoms with Gasteiger partial charge in [0.15, 0.2) is 11.9 Å². The molecule has 3 aromatic rings. The highest BCUT2D eigenvalue weighted by Gasteiger charge is 2.41. The van der Waals surface area contributed by atoms with E-state index in [2.05, 4.69) is 19.9 Å². The maximum absolute atomic E-state index is 14.2. The summed E-state index contributed by atoms with van der Waals surface area (Å²) in [5.74, 6) is -1.24. The lowest BCUT2D eigenvalue weighted by molar-refractivity contribution is -0.0736. The van der Waals surface area contributed by atoms with Gasteiger partial charge in [0.1, 0.15) is 11.0 Å². The first-order valence-corrected chi connectivity index (χ1v) is 12.7. The number of hydrogen-bond donors (Lipinski definition) is 5. The van der Waals surface area contributed by atoms with E-state index in [9.17, 15) is 19.2 Å². The number of nitrogens with one attached hydrogen (secondary N) is 1. The summed E-state index contributed by atoms with van der Waals surface area (Å²) in [5, 5.41) is 28.5. The van der Waals surface area contributed by atoms with Crippen molar-refractivity contribution in [2.24, 2.45) is 5.92 Å². The van der Waals surface area contributed by atoms with Crippen LogP contribution in [-0.4, -0.2) is 60.2 Å². The van der Waals surface area contributed by atoms with Gasteiger partial charge in [-0.25, -0.2) is 18.6 Å². The van der Waals surface area contributed by atoms with Crippen LogP contribution in [0.5, 0.6) is 0 Å². The highest BCUT2D eigenvalue weighted by molar-refractivity contribution is 7.46. The second-order valence-corrected chi connectivity index (χ2v) is 9.92. The van der Waals surface area contributed by atoms with Gasteiger partial charge in [0, 0.05) is 17.9 Å². The van der Waals surface area contributed by atoms with Gasteiger partial charge in [-0.2, -0.15) is 5.10 Å². The van der Waals surface area contributed by atoms with Crippen molar-refractivity contribution in [3.8, 4) is 0 Å². The molecule has 4 rings (SSSR count). The van der Waals surface area contributed by atoms with Crippen molar-refractivity contribution >= 4 is 36.1 Å². The molecule has 1 aromatic carbocycles. The van der Waals surface area contributed by atoms with E-state index in [0.29, 0.717) is 22.3 Å². The molecule has 1 saturated heterocycles. The Morgan fingerprint density at radius 1 is 1.40 bits per heavy atom. The maximum Gasteiger partial charge on any atom is 0.469 e. The van der Waals surface area contributed by atoms with Crippen LogP contribution in [0.2, 0.25) is 5.15 Å². The number of phosphoric acid groups is 1. The molecule has 0 radical (unpaired) electrons. The summed E-state index contributed by atoms with van der Waals surface area (Å²) in [6.45, 7) is 0.764. The SMILES string of the molecule is C[C@H](Nc1cc(Cl)nc2c1cnn2[C@H]1C[C@H](O)[C@@H](C(CO)COP(=O)(O)O)O1)c1ccccc1F. The predicted molar refractivity (Wildman–Crippen MR) is 124 cm³/mol. The van der Waals surface area contributed by atoms with Crippen LogP contribution < -0.4 is 5.32 Å². The summed E-state index contributed by atoms with van der Waals surface area (Å²) in [6.07, 6.45) is -1.20. The predicted octanol–water partition coefficient (Wildman–Crippen LogP) is 2.76. The molecule has 0 saturated carbocycles. The average molecular weight is 531 g/mol. The van der Waals surface area contributed by atoms with E-state index < -0.39 is 51.4 Å². The van der Waals surface area contributed by atoms with Crippen molar-refractivity contribution in [3.05, 3.63) is 53.1 Å². The Kier molecular flexibility index (Phi) is 7.74. The third-order valence-electron chi connectivity index (χ3n) is 5.84. The van der Waals surface area contributed by atoms with Gasteiger partial charge >= 0.3 is 7.82 Å². The molecule has 1 unspecified atom stereocenters. The van der Waals surface area contributed by atoms with Crippen LogP contribution in [0.1, 0.15) is 31.2 Å². The van der Waals surface area contributed by atoms with Gasteiger partial charge in [0.05, 0.1) is 48.7 Å². The number of aliphatic hydroxyl groups excluding tert-OH is 2. The topological polar surface area (TPSA) is 159 Å². The minimum absolute atomic E-state index is 0.0798. The van der Waals surface area contributed by atoms with Crippen molar-refractivity contribution in [1.82, 2.24) is 14.8 Å². The van der Waals surface area contributed by atoms with E-state index in [1.54, 1.807) is 37.4 Å². The molecule has 14 heteroatoms. The fourth-order valence-corrected chi connectivity index (χ4v) is 4.73. The number of nitrogens with zero attached hydrogens (tertiary/aromatic N) is 3. The van der Waals surface area contributed by atoms with Gasteiger partial charge in [0.25, 0.3) is 0 Å². The normalized spacial score (nSPS) is 22.4. The van der Waals surface area contributed by atoms with Gasteiger partial charge in [-0.15, -0.1) is 0 Å². The van der Waals surface area contributed by atoms with Crippen molar-refractivity contribution in [2.75, 3.05) is 18.5 Å². The molecule has 2 aromatic heterocycles. The lowest BCUT2D eigenvalue weighted by atomic mass is 9.99. The van der Waals surface area contributed by atoms with Gasteiger partial charge < -0.3 is 30.1 Å².